The Kier molecular flexibility index (Phi) is 4.62. The zero-order chi connectivity index (χ0) is 17.6. The number of aryl methyl sites for hydroxylation is 3. The average Bonchev–Trinajstić information content (AvgIpc) is 2.86. The molecular weight excluding hydrogens is 376 g/mol. The number of halogens is 1. The summed E-state index contributed by atoms with van der Waals surface area (Å²) in [6.45, 7) is 7.03. The number of nitrogens with zero attached hydrogens (tertiary/aromatic N) is 2. The minimum absolute atomic E-state index is 0.284. The number of thioether (sulfide) groups is 1. The SMILES string of the molecule is Cc1nc(SCc2cc(Cl)cc3c2OCOC3)c2c(C)c(C)sc2n1. The molecule has 0 N–H and O–H groups in total. The van der Waals surface area contributed by atoms with E-state index >= 15 is 0 Å². The van der Waals surface area contributed by atoms with Crippen LogP contribution in [0.5, 0.6) is 5.75 Å². The van der Waals surface area contributed by atoms with E-state index in [2.05, 4.69) is 23.8 Å². The molecule has 1 aliphatic heterocycles. The van der Waals surface area contributed by atoms with Crippen molar-refractivity contribution in [2.75, 3.05) is 6.79 Å². The Bertz CT molecular complexity index is 972. The summed E-state index contributed by atoms with van der Waals surface area (Å²) in [4.78, 5) is 11.6. The minimum atomic E-state index is 0.284. The maximum Gasteiger partial charge on any atom is 0.189 e. The van der Waals surface area contributed by atoms with Crippen LogP contribution >= 0.6 is 34.7 Å². The summed E-state index contributed by atoms with van der Waals surface area (Å²) in [5, 5.41) is 2.89. The van der Waals surface area contributed by atoms with Crippen LogP contribution in [0, 0.1) is 20.8 Å². The third-order valence-corrected chi connectivity index (χ3v) is 6.57. The predicted molar refractivity (Wildman–Crippen MR) is 103 cm³/mol. The van der Waals surface area contributed by atoms with Crippen LogP contribution in [0.2, 0.25) is 5.02 Å². The molecular formula is C18H17ClN2O2S2. The van der Waals surface area contributed by atoms with Crippen LogP contribution in [0.1, 0.15) is 27.4 Å². The van der Waals surface area contributed by atoms with Crippen LogP contribution in [0.3, 0.4) is 0 Å². The second kappa shape index (κ2) is 6.76. The first-order valence-corrected chi connectivity index (χ1v) is 10.1. The molecule has 0 saturated heterocycles. The molecule has 130 valence electrons. The molecule has 0 fully saturated rings. The lowest BCUT2D eigenvalue weighted by atomic mass is 10.1. The minimum Gasteiger partial charge on any atom is -0.467 e. The highest BCUT2D eigenvalue weighted by Crippen LogP contribution is 2.39. The maximum absolute atomic E-state index is 6.27. The van der Waals surface area contributed by atoms with Gasteiger partial charge in [0, 0.05) is 32.2 Å². The van der Waals surface area contributed by atoms with E-state index in [-0.39, 0.29) is 6.79 Å². The second-order valence-electron chi connectivity index (χ2n) is 5.99. The van der Waals surface area contributed by atoms with Gasteiger partial charge in [-0.15, -0.1) is 23.1 Å². The van der Waals surface area contributed by atoms with Gasteiger partial charge in [-0.05, 0) is 38.5 Å². The lowest BCUT2D eigenvalue weighted by Crippen LogP contribution is -2.13. The first-order chi connectivity index (χ1) is 12.0. The Morgan fingerprint density at radius 2 is 2.08 bits per heavy atom. The van der Waals surface area contributed by atoms with Gasteiger partial charge in [0.25, 0.3) is 0 Å². The summed E-state index contributed by atoms with van der Waals surface area (Å²) >= 11 is 9.70. The Labute approximate surface area is 159 Å². The van der Waals surface area contributed by atoms with Gasteiger partial charge in [0.1, 0.15) is 21.4 Å². The third-order valence-electron chi connectivity index (χ3n) is 4.22. The van der Waals surface area contributed by atoms with Gasteiger partial charge in [-0.1, -0.05) is 11.6 Å². The second-order valence-corrected chi connectivity index (χ2v) is 8.60. The third kappa shape index (κ3) is 3.24. The summed E-state index contributed by atoms with van der Waals surface area (Å²) in [6.07, 6.45) is 0. The normalized spacial score (nSPS) is 13.8. The van der Waals surface area contributed by atoms with Crippen molar-refractivity contribution in [1.82, 2.24) is 9.97 Å². The maximum atomic E-state index is 6.27. The number of fused-ring (bicyclic) bond motifs is 2. The summed E-state index contributed by atoms with van der Waals surface area (Å²) in [5.74, 6) is 2.43. The lowest BCUT2D eigenvalue weighted by Gasteiger charge is -2.21. The van der Waals surface area contributed by atoms with Crippen LogP contribution in [0.25, 0.3) is 10.2 Å². The molecule has 4 rings (SSSR count). The molecule has 1 aliphatic rings. The average molecular weight is 393 g/mol. The molecule has 0 radical (unpaired) electrons. The van der Waals surface area contributed by atoms with Crippen molar-refractivity contribution in [2.45, 2.75) is 38.2 Å². The summed E-state index contributed by atoms with van der Waals surface area (Å²) < 4.78 is 11.1. The molecule has 0 aliphatic carbocycles. The van der Waals surface area contributed by atoms with Crippen molar-refractivity contribution < 1.29 is 9.47 Å². The summed E-state index contributed by atoms with van der Waals surface area (Å²) in [7, 11) is 0. The molecule has 0 amide bonds. The van der Waals surface area contributed by atoms with E-state index in [4.69, 9.17) is 21.1 Å². The van der Waals surface area contributed by atoms with Crippen LogP contribution in [0.15, 0.2) is 17.2 Å². The molecule has 4 nitrogen and oxygen atoms in total. The van der Waals surface area contributed by atoms with Gasteiger partial charge in [0.05, 0.1) is 6.61 Å². The van der Waals surface area contributed by atoms with Crippen LogP contribution in [0.4, 0.5) is 0 Å². The largest absolute Gasteiger partial charge is 0.467 e. The highest BCUT2D eigenvalue weighted by atomic mass is 35.5. The van der Waals surface area contributed by atoms with E-state index in [0.717, 1.165) is 38.3 Å². The van der Waals surface area contributed by atoms with E-state index in [1.165, 1.54) is 15.8 Å². The standard InChI is InChI=1S/C18H17ClN2O2S2/c1-9-10(2)25-18-15(9)17(20-11(3)21-18)24-7-13-5-14(19)4-12-6-22-8-23-16(12)13/h4-5H,6-8H2,1-3H3. The number of rotatable bonds is 3. The quantitative estimate of drug-likeness (QED) is 0.439. The molecule has 0 spiro atoms. The molecule has 0 bridgehead atoms. The van der Waals surface area contributed by atoms with E-state index in [9.17, 15) is 0 Å². The van der Waals surface area contributed by atoms with E-state index in [1.807, 2.05) is 19.1 Å². The van der Waals surface area contributed by atoms with E-state index in [1.54, 1.807) is 23.1 Å². The molecule has 7 heteroatoms. The topological polar surface area (TPSA) is 44.2 Å². The number of benzene rings is 1. The fourth-order valence-electron chi connectivity index (χ4n) is 2.93. The van der Waals surface area contributed by atoms with Gasteiger partial charge in [0.2, 0.25) is 0 Å². The monoisotopic (exact) mass is 392 g/mol. The van der Waals surface area contributed by atoms with Crippen molar-refractivity contribution >= 4 is 44.9 Å². The first kappa shape index (κ1) is 17.1. The lowest BCUT2D eigenvalue weighted by molar-refractivity contribution is -0.0168. The van der Waals surface area contributed by atoms with Gasteiger partial charge >= 0.3 is 0 Å². The van der Waals surface area contributed by atoms with Gasteiger partial charge in [-0.2, -0.15) is 0 Å². The van der Waals surface area contributed by atoms with Crippen molar-refractivity contribution in [3.63, 3.8) is 0 Å². The molecule has 3 aromatic rings. The number of hydrogen-bond acceptors (Lipinski definition) is 6. The molecule has 0 unspecified atom stereocenters. The van der Waals surface area contributed by atoms with E-state index < -0.39 is 0 Å². The predicted octanol–water partition coefficient (Wildman–Crippen LogP) is 5.43. The van der Waals surface area contributed by atoms with Gasteiger partial charge in [-0.25, -0.2) is 9.97 Å². The zero-order valence-corrected chi connectivity index (χ0v) is 16.6. The Hall–Kier alpha value is -1.34. The van der Waals surface area contributed by atoms with E-state index in [0.29, 0.717) is 11.6 Å². The Morgan fingerprint density at radius 3 is 2.92 bits per heavy atom. The van der Waals surface area contributed by atoms with Crippen LogP contribution < -0.4 is 4.74 Å². The molecule has 3 heterocycles. The summed E-state index contributed by atoms with van der Waals surface area (Å²) in [6, 6.07) is 3.87. The zero-order valence-electron chi connectivity index (χ0n) is 14.2. The van der Waals surface area contributed by atoms with Gasteiger partial charge in [-0.3, -0.25) is 0 Å². The highest BCUT2D eigenvalue weighted by molar-refractivity contribution is 7.98. The Balaban J connectivity index is 1.71. The fraction of sp³-hybridized carbons (Fsp3) is 0.333. The first-order valence-electron chi connectivity index (χ1n) is 7.92. The number of ether oxygens (including phenoxy) is 2. The fourth-order valence-corrected chi connectivity index (χ4v) is 5.43. The molecule has 2 aromatic heterocycles. The van der Waals surface area contributed by atoms with Crippen molar-refractivity contribution in [2.24, 2.45) is 0 Å². The highest BCUT2D eigenvalue weighted by Gasteiger charge is 2.18. The van der Waals surface area contributed by atoms with Crippen LogP contribution in [-0.2, 0) is 17.1 Å². The van der Waals surface area contributed by atoms with Gasteiger partial charge < -0.3 is 9.47 Å². The molecule has 0 saturated carbocycles. The number of hydrogen-bond donors (Lipinski definition) is 0. The van der Waals surface area contributed by atoms with Crippen molar-refractivity contribution in [3.8, 4) is 5.75 Å². The molecule has 0 atom stereocenters. The van der Waals surface area contributed by atoms with Crippen LogP contribution in [-0.4, -0.2) is 16.8 Å². The Morgan fingerprint density at radius 1 is 1.24 bits per heavy atom. The number of aromatic nitrogens is 2. The van der Waals surface area contributed by atoms with Gasteiger partial charge in [0.15, 0.2) is 6.79 Å². The summed E-state index contributed by atoms with van der Waals surface area (Å²) in [5.41, 5.74) is 3.34. The van der Waals surface area contributed by atoms with Crippen molar-refractivity contribution in [1.29, 1.82) is 0 Å². The number of thiophene rings is 1. The smallest absolute Gasteiger partial charge is 0.189 e. The van der Waals surface area contributed by atoms with Crippen molar-refractivity contribution in [3.05, 3.63) is 44.5 Å². The molecule has 25 heavy (non-hydrogen) atoms. The molecule has 1 aromatic carbocycles.